The summed E-state index contributed by atoms with van der Waals surface area (Å²) in [6, 6.07) is 2.26. The highest BCUT2D eigenvalue weighted by Gasteiger charge is 2.31. The Hall–Kier alpha value is -1.99. The van der Waals surface area contributed by atoms with Gasteiger partial charge in [-0.05, 0) is 18.9 Å². The van der Waals surface area contributed by atoms with Crippen molar-refractivity contribution in [2.75, 3.05) is 31.1 Å². The zero-order valence-corrected chi connectivity index (χ0v) is 14.8. The number of aromatic nitrogens is 4. The maximum atomic E-state index is 10.3. The Morgan fingerprint density at radius 3 is 2.64 bits per heavy atom. The summed E-state index contributed by atoms with van der Waals surface area (Å²) in [7, 11) is 1.91. The molecule has 0 radical (unpaired) electrons. The van der Waals surface area contributed by atoms with E-state index in [1.165, 1.54) is 6.42 Å². The Kier molecular flexibility index (Phi) is 4.67. The Labute approximate surface area is 148 Å². The van der Waals surface area contributed by atoms with E-state index in [0.29, 0.717) is 6.04 Å². The van der Waals surface area contributed by atoms with Crippen molar-refractivity contribution in [1.82, 2.24) is 24.6 Å². The second-order valence-electron chi connectivity index (χ2n) is 7.09. The molecular weight excluding hydrogens is 316 g/mol. The monoisotopic (exact) mass is 342 g/mol. The maximum Gasteiger partial charge on any atom is 0.225 e. The smallest absolute Gasteiger partial charge is 0.225 e. The summed E-state index contributed by atoms with van der Waals surface area (Å²) in [4.78, 5) is 13.9. The summed E-state index contributed by atoms with van der Waals surface area (Å²) in [5, 5.41) is 14.5. The normalized spacial score (nSPS) is 25.3. The number of aryl methyl sites for hydroxylation is 1. The van der Waals surface area contributed by atoms with Gasteiger partial charge in [0.25, 0.3) is 0 Å². The molecule has 0 bridgehead atoms. The summed E-state index contributed by atoms with van der Waals surface area (Å²) in [6.07, 6.45) is 9.91. The molecular formula is C18H26N6O. The minimum Gasteiger partial charge on any atom is -0.391 e. The van der Waals surface area contributed by atoms with Gasteiger partial charge in [-0.2, -0.15) is 5.10 Å². The molecule has 134 valence electrons. The van der Waals surface area contributed by atoms with E-state index in [0.717, 1.165) is 62.6 Å². The lowest BCUT2D eigenvalue weighted by Crippen LogP contribution is -2.54. The maximum absolute atomic E-state index is 10.3. The average molecular weight is 342 g/mol. The van der Waals surface area contributed by atoms with Crippen LogP contribution in [0.25, 0.3) is 11.3 Å². The highest BCUT2D eigenvalue weighted by atomic mass is 16.3. The van der Waals surface area contributed by atoms with Crippen LogP contribution in [0.1, 0.15) is 25.7 Å². The fourth-order valence-corrected chi connectivity index (χ4v) is 3.99. The van der Waals surface area contributed by atoms with Crippen LogP contribution in [0.4, 0.5) is 5.95 Å². The number of rotatable bonds is 3. The van der Waals surface area contributed by atoms with Crippen molar-refractivity contribution in [2.45, 2.75) is 37.8 Å². The molecule has 4 rings (SSSR count). The summed E-state index contributed by atoms with van der Waals surface area (Å²) in [5.74, 6) is 0.783. The van der Waals surface area contributed by atoms with Crippen LogP contribution in [0.3, 0.4) is 0 Å². The van der Waals surface area contributed by atoms with Gasteiger partial charge in [-0.15, -0.1) is 0 Å². The van der Waals surface area contributed by atoms with E-state index in [1.807, 2.05) is 31.7 Å². The second-order valence-corrected chi connectivity index (χ2v) is 7.09. The molecule has 2 atom stereocenters. The van der Waals surface area contributed by atoms with Crippen LogP contribution in [0, 0.1) is 0 Å². The van der Waals surface area contributed by atoms with Crippen LogP contribution in [0.15, 0.2) is 24.7 Å². The molecule has 7 nitrogen and oxygen atoms in total. The predicted octanol–water partition coefficient (Wildman–Crippen LogP) is 1.30. The Balaban J connectivity index is 1.42. The van der Waals surface area contributed by atoms with E-state index in [2.05, 4.69) is 19.9 Å². The topological polar surface area (TPSA) is 70.3 Å². The highest BCUT2D eigenvalue weighted by Crippen LogP contribution is 2.25. The molecule has 0 unspecified atom stereocenters. The molecule has 25 heavy (non-hydrogen) atoms. The zero-order chi connectivity index (χ0) is 17.2. The molecule has 1 saturated carbocycles. The van der Waals surface area contributed by atoms with Crippen LogP contribution >= 0.6 is 0 Å². The van der Waals surface area contributed by atoms with Crippen molar-refractivity contribution < 1.29 is 5.11 Å². The molecule has 1 aliphatic carbocycles. The number of aliphatic hydroxyl groups excluding tert-OH is 1. The van der Waals surface area contributed by atoms with Crippen LogP contribution in [-0.2, 0) is 7.05 Å². The van der Waals surface area contributed by atoms with Gasteiger partial charge in [0.15, 0.2) is 0 Å². The van der Waals surface area contributed by atoms with Crippen molar-refractivity contribution in [2.24, 2.45) is 7.05 Å². The minimum atomic E-state index is -0.162. The van der Waals surface area contributed by atoms with Gasteiger partial charge in [0.05, 0.1) is 18.0 Å². The molecule has 1 saturated heterocycles. The Morgan fingerprint density at radius 2 is 1.92 bits per heavy atom. The van der Waals surface area contributed by atoms with Gasteiger partial charge in [-0.1, -0.05) is 12.8 Å². The van der Waals surface area contributed by atoms with Crippen LogP contribution in [0.5, 0.6) is 0 Å². The van der Waals surface area contributed by atoms with Crippen LogP contribution < -0.4 is 4.90 Å². The van der Waals surface area contributed by atoms with Gasteiger partial charge in [0, 0.05) is 57.2 Å². The molecule has 2 aromatic heterocycles. The lowest BCUT2D eigenvalue weighted by molar-refractivity contribution is 0.0172. The number of nitrogens with zero attached hydrogens (tertiary/aromatic N) is 6. The van der Waals surface area contributed by atoms with E-state index in [9.17, 15) is 5.11 Å². The quantitative estimate of drug-likeness (QED) is 0.907. The van der Waals surface area contributed by atoms with Gasteiger partial charge in [0.1, 0.15) is 0 Å². The fourth-order valence-electron chi connectivity index (χ4n) is 3.99. The van der Waals surface area contributed by atoms with Gasteiger partial charge in [0.2, 0.25) is 5.95 Å². The van der Waals surface area contributed by atoms with Crippen molar-refractivity contribution in [3.8, 4) is 11.3 Å². The highest BCUT2D eigenvalue weighted by molar-refractivity contribution is 5.58. The average Bonchev–Trinajstić information content (AvgIpc) is 3.09. The molecule has 2 fully saturated rings. The summed E-state index contributed by atoms with van der Waals surface area (Å²) >= 11 is 0. The summed E-state index contributed by atoms with van der Waals surface area (Å²) in [5.41, 5.74) is 1.92. The van der Waals surface area contributed by atoms with E-state index >= 15 is 0 Å². The van der Waals surface area contributed by atoms with Gasteiger partial charge < -0.3 is 10.0 Å². The number of hydrogen-bond donors (Lipinski definition) is 1. The molecule has 0 amide bonds. The fraction of sp³-hybridized carbons (Fsp3) is 0.611. The van der Waals surface area contributed by atoms with Crippen LogP contribution in [0.2, 0.25) is 0 Å². The summed E-state index contributed by atoms with van der Waals surface area (Å²) in [6.45, 7) is 3.73. The molecule has 1 aliphatic heterocycles. The third-order valence-corrected chi connectivity index (χ3v) is 5.40. The largest absolute Gasteiger partial charge is 0.391 e. The van der Waals surface area contributed by atoms with E-state index in [4.69, 9.17) is 4.98 Å². The summed E-state index contributed by atoms with van der Waals surface area (Å²) < 4.78 is 1.78. The molecule has 0 aromatic carbocycles. The number of aliphatic hydroxyl groups is 1. The molecule has 2 aliphatic rings. The van der Waals surface area contributed by atoms with Crippen molar-refractivity contribution >= 4 is 5.95 Å². The molecule has 1 N–H and O–H groups in total. The molecule has 7 heteroatoms. The lowest BCUT2D eigenvalue weighted by atomic mass is 9.91. The zero-order valence-electron chi connectivity index (χ0n) is 14.8. The standard InChI is InChI=1S/C18H26N6O/c1-22-13-14(12-20-22)15-6-7-19-18(21-15)24-10-8-23(9-11-24)16-4-2-3-5-17(16)25/h6-7,12-13,16-17,25H,2-5,8-11H2,1H3/t16-,17-/m0/s1. The Morgan fingerprint density at radius 1 is 1.12 bits per heavy atom. The minimum absolute atomic E-state index is 0.162. The second kappa shape index (κ2) is 7.09. The van der Waals surface area contributed by atoms with E-state index < -0.39 is 0 Å². The SMILES string of the molecule is Cn1cc(-c2ccnc(N3CCN([C@H]4CCCC[C@@H]4O)CC3)n2)cn1. The first-order chi connectivity index (χ1) is 12.2. The predicted molar refractivity (Wildman–Crippen MR) is 96.3 cm³/mol. The molecule has 2 aromatic rings. The third kappa shape index (κ3) is 3.52. The van der Waals surface area contributed by atoms with Crippen molar-refractivity contribution in [3.63, 3.8) is 0 Å². The van der Waals surface area contributed by atoms with Crippen molar-refractivity contribution in [1.29, 1.82) is 0 Å². The van der Waals surface area contributed by atoms with Gasteiger partial charge in [-0.25, -0.2) is 9.97 Å². The lowest BCUT2D eigenvalue weighted by Gasteiger charge is -2.42. The van der Waals surface area contributed by atoms with Crippen LogP contribution in [-0.4, -0.2) is 68.1 Å². The Bertz CT molecular complexity index is 709. The third-order valence-electron chi connectivity index (χ3n) is 5.40. The first-order valence-electron chi connectivity index (χ1n) is 9.20. The van der Waals surface area contributed by atoms with E-state index in [-0.39, 0.29) is 6.10 Å². The van der Waals surface area contributed by atoms with E-state index in [1.54, 1.807) is 4.68 Å². The number of hydrogen-bond acceptors (Lipinski definition) is 6. The first-order valence-corrected chi connectivity index (χ1v) is 9.20. The number of piperazine rings is 1. The molecule has 0 spiro atoms. The van der Waals surface area contributed by atoms with Gasteiger partial charge >= 0.3 is 0 Å². The van der Waals surface area contributed by atoms with Crippen molar-refractivity contribution in [3.05, 3.63) is 24.7 Å². The first kappa shape index (κ1) is 16.5. The molecule has 3 heterocycles. The number of anilines is 1. The van der Waals surface area contributed by atoms with Gasteiger partial charge in [-0.3, -0.25) is 9.58 Å².